The molecule has 0 bridgehead atoms. The standard InChI is InChI=1S/C23H20Cl2N4O2S/c1-14-12-20(27-21(30)23(2,3)31-18-10-8-17(25)9-11-18)29(28-14)22-26-19(13-32-22)15-4-6-16(24)7-5-15/h4-13H,1-3H3,(H,27,30). The first-order valence-corrected chi connectivity index (χ1v) is 11.4. The second-order valence-electron chi connectivity index (χ2n) is 7.63. The second kappa shape index (κ2) is 8.94. The van der Waals surface area contributed by atoms with Crippen LogP contribution in [0, 0.1) is 6.92 Å². The highest BCUT2D eigenvalue weighted by Crippen LogP contribution is 2.28. The van der Waals surface area contributed by atoms with Crippen molar-refractivity contribution in [1.29, 1.82) is 0 Å². The molecule has 164 valence electrons. The number of anilines is 1. The molecule has 2 aromatic carbocycles. The number of halogens is 2. The quantitative estimate of drug-likeness (QED) is 0.341. The Labute approximate surface area is 199 Å². The molecule has 1 N–H and O–H groups in total. The third-order valence-electron chi connectivity index (χ3n) is 4.62. The van der Waals surface area contributed by atoms with Crippen LogP contribution in [0.1, 0.15) is 19.5 Å². The minimum absolute atomic E-state index is 0.317. The fourth-order valence-corrected chi connectivity index (χ4v) is 4.01. The number of ether oxygens (including phenoxy) is 1. The molecule has 9 heteroatoms. The van der Waals surface area contributed by atoms with Gasteiger partial charge in [0.1, 0.15) is 11.6 Å². The molecule has 0 unspecified atom stereocenters. The van der Waals surface area contributed by atoms with Gasteiger partial charge in [-0.25, -0.2) is 4.98 Å². The summed E-state index contributed by atoms with van der Waals surface area (Å²) >= 11 is 13.3. The largest absolute Gasteiger partial charge is 0.478 e. The number of nitrogens with one attached hydrogen (secondary N) is 1. The third-order valence-corrected chi connectivity index (χ3v) is 5.94. The van der Waals surface area contributed by atoms with Crippen LogP contribution >= 0.6 is 34.5 Å². The van der Waals surface area contributed by atoms with Crippen LogP contribution < -0.4 is 10.1 Å². The molecule has 2 heterocycles. The summed E-state index contributed by atoms with van der Waals surface area (Å²) in [7, 11) is 0. The van der Waals surface area contributed by atoms with Gasteiger partial charge >= 0.3 is 0 Å². The lowest BCUT2D eigenvalue weighted by Gasteiger charge is -2.25. The van der Waals surface area contributed by atoms with Crippen molar-refractivity contribution in [1.82, 2.24) is 14.8 Å². The van der Waals surface area contributed by atoms with Crippen LogP contribution in [0.3, 0.4) is 0 Å². The zero-order valence-electron chi connectivity index (χ0n) is 17.6. The van der Waals surface area contributed by atoms with E-state index < -0.39 is 5.60 Å². The third kappa shape index (κ3) is 4.96. The lowest BCUT2D eigenvalue weighted by molar-refractivity contribution is -0.128. The summed E-state index contributed by atoms with van der Waals surface area (Å²) in [5.41, 5.74) is 1.37. The van der Waals surface area contributed by atoms with Gasteiger partial charge < -0.3 is 10.1 Å². The van der Waals surface area contributed by atoms with E-state index in [0.29, 0.717) is 26.7 Å². The van der Waals surface area contributed by atoms with Crippen molar-refractivity contribution in [2.24, 2.45) is 0 Å². The highest BCUT2D eigenvalue weighted by atomic mass is 35.5. The van der Waals surface area contributed by atoms with Crippen molar-refractivity contribution in [3.63, 3.8) is 0 Å². The normalized spacial score (nSPS) is 11.4. The van der Waals surface area contributed by atoms with E-state index >= 15 is 0 Å². The summed E-state index contributed by atoms with van der Waals surface area (Å²) in [6, 6.07) is 16.1. The van der Waals surface area contributed by atoms with Crippen molar-refractivity contribution in [2.45, 2.75) is 26.4 Å². The lowest BCUT2D eigenvalue weighted by atomic mass is 10.1. The van der Waals surface area contributed by atoms with Crippen LogP contribution in [0.5, 0.6) is 5.75 Å². The predicted molar refractivity (Wildman–Crippen MR) is 129 cm³/mol. The molecule has 32 heavy (non-hydrogen) atoms. The van der Waals surface area contributed by atoms with Crippen LogP contribution in [-0.2, 0) is 4.79 Å². The smallest absolute Gasteiger partial charge is 0.269 e. The minimum atomic E-state index is -1.13. The number of hydrogen-bond donors (Lipinski definition) is 1. The zero-order valence-corrected chi connectivity index (χ0v) is 19.9. The van der Waals surface area contributed by atoms with Crippen molar-refractivity contribution < 1.29 is 9.53 Å². The van der Waals surface area contributed by atoms with Gasteiger partial charge in [-0.3, -0.25) is 4.79 Å². The molecule has 0 aliphatic carbocycles. The van der Waals surface area contributed by atoms with Crippen LogP contribution in [-0.4, -0.2) is 26.3 Å². The molecule has 0 atom stereocenters. The molecule has 2 aromatic heterocycles. The zero-order chi connectivity index (χ0) is 22.9. The number of benzene rings is 2. The van der Waals surface area contributed by atoms with Crippen molar-refractivity contribution in [3.05, 3.63) is 75.7 Å². The first kappa shape index (κ1) is 22.3. The Hall–Kier alpha value is -2.87. The Morgan fingerprint density at radius 3 is 2.34 bits per heavy atom. The molecule has 0 saturated heterocycles. The van der Waals surface area contributed by atoms with Gasteiger partial charge in [-0.15, -0.1) is 11.3 Å². The summed E-state index contributed by atoms with van der Waals surface area (Å²) in [5.74, 6) is 0.743. The van der Waals surface area contributed by atoms with Gasteiger partial charge in [0.05, 0.1) is 11.4 Å². The van der Waals surface area contributed by atoms with Gasteiger partial charge in [0, 0.05) is 27.1 Å². The Bertz CT molecular complexity index is 1250. The van der Waals surface area contributed by atoms with E-state index in [9.17, 15) is 4.79 Å². The molecular formula is C23H20Cl2N4O2S. The van der Waals surface area contributed by atoms with E-state index in [-0.39, 0.29) is 5.91 Å². The summed E-state index contributed by atoms with van der Waals surface area (Å²) in [6.45, 7) is 5.26. The molecule has 0 aliphatic rings. The Morgan fingerprint density at radius 2 is 1.69 bits per heavy atom. The van der Waals surface area contributed by atoms with Crippen LogP contribution in [0.25, 0.3) is 16.4 Å². The summed E-state index contributed by atoms with van der Waals surface area (Å²) in [4.78, 5) is 17.7. The lowest BCUT2D eigenvalue weighted by Crippen LogP contribution is -2.42. The number of nitrogens with zero attached hydrogens (tertiary/aromatic N) is 3. The van der Waals surface area contributed by atoms with E-state index in [0.717, 1.165) is 17.0 Å². The molecule has 0 spiro atoms. The minimum Gasteiger partial charge on any atom is -0.478 e. The van der Waals surface area contributed by atoms with Gasteiger partial charge in [-0.2, -0.15) is 9.78 Å². The maximum atomic E-state index is 13.0. The van der Waals surface area contributed by atoms with Gasteiger partial charge in [0.15, 0.2) is 5.60 Å². The Morgan fingerprint density at radius 1 is 1.06 bits per heavy atom. The maximum Gasteiger partial charge on any atom is 0.269 e. The maximum absolute atomic E-state index is 13.0. The van der Waals surface area contributed by atoms with Gasteiger partial charge in [0.2, 0.25) is 5.13 Å². The van der Waals surface area contributed by atoms with E-state index in [1.165, 1.54) is 11.3 Å². The highest BCUT2D eigenvalue weighted by Gasteiger charge is 2.31. The number of carbonyl (C=O) groups excluding carboxylic acids is 1. The molecule has 0 aliphatic heterocycles. The number of aryl methyl sites for hydroxylation is 1. The van der Waals surface area contributed by atoms with E-state index in [1.807, 2.05) is 36.6 Å². The number of rotatable bonds is 6. The fourth-order valence-electron chi connectivity index (χ4n) is 2.96. The molecule has 0 fully saturated rings. The molecular weight excluding hydrogens is 467 g/mol. The number of carbonyl (C=O) groups is 1. The van der Waals surface area contributed by atoms with Crippen LogP contribution in [0.15, 0.2) is 60.0 Å². The Kier molecular flexibility index (Phi) is 6.24. The SMILES string of the molecule is Cc1cc(NC(=O)C(C)(C)Oc2ccc(Cl)cc2)n(-c2nc(-c3ccc(Cl)cc3)cs2)n1. The van der Waals surface area contributed by atoms with Crippen LogP contribution in [0.4, 0.5) is 5.82 Å². The molecule has 0 radical (unpaired) electrons. The average Bonchev–Trinajstić information content (AvgIpc) is 3.37. The molecule has 6 nitrogen and oxygen atoms in total. The van der Waals surface area contributed by atoms with E-state index in [2.05, 4.69) is 15.4 Å². The van der Waals surface area contributed by atoms with Gasteiger partial charge in [0.25, 0.3) is 5.91 Å². The number of amides is 1. The molecule has 4 aromatic rings. The summed E-state index contributed by atoms with van der Waals surface area (Å²) in [6.07, 6.45) is 0. The molecule has 1 amide bonds. The van der Waals surface area contributed by atoms with Gasteiger partial charge in [-0.1, -0.05) is 35.3 Å². The van der Waals surface area contributed by atoms with Gasteiger partial charge in [-0.05, 0) is 57.2 Å². The average molecular weight is 487 g/mol. The number of thiazole rings is 1. The molecule has 0 saturated carbocycles. The van der Waals surface area contributed by atoms with Crippen molar-refractivity contribution >= 4 is 46.3 Å². The summed E-state index contributed by atoms with van der Waals surface area (Å²) in [5, 5.41) is 11.3. The Balaban J connectivity index is 1.55. The van der Waals surface area contributed by atoms with Crippen molar-refractivity contribution in [3.8, 4) is 22.1 Å². The van der Waals surface area contributed by atoms with E-state index in [1.54, 1.807) is 48.9 Å². The number of hydrogen-bond acceptors (Lipinski definition) is 5. The van der Waals surface area contributed by atoms with Crippen LogP contribution in [0.2, 0.25) is 10.0 Å². The highest BCUT2D eigenvalue weighted by molar-refractivity contribution is 7.12. The first-order chi connectivity index (χ1) is 15.2. The summed E-state index contributed by atoms with van der Waals surface area (Å²) < 4.78 is 7.51. The monoisotopic (exact) mass is 486 g/mol. The number of aromatic nitrogens is 3. The first-order valence-electron chi connectivity index (χ1n) is 9.76. The fraction of sp³-hybridized carbons (Fsp3) is 0.174. The van der Waals surface area contributed by atoms with E-state index in [4.69, 9.17) is 27.9 Å². The molecule has 4 rings (SSSR count). The predicted octanol–water partition coefficient (Wildman–Crippen LogP) is 6.41. The van der Waals surface area contributed by atoms with Crippen molar-refractivity contribution in [2.75, 3.05) is 5.32 Å². The second-order valence-corrected chi connectivity index (χ2v) is 9.33. The topological polar surface area (TPSA) is 69.0 Å².